The van der Waals surface area contributed by atoms with Gasteiger partial charge in [-0.15, -0.1) is 0 Å². The molecule has 0 unspecified atom stereocenters. The summed E-state index contributed by atoms with van der Waals surface area (Å²) in [5, 5.41) is 11.7. The largest absolute Gasteiger partial charge is 0.481 e. The molecule has 0 aromatic heterocycles. The average molecular weight is 226 g/mol. The van der Waals surface area contributed by atoms with Gasteiger partial charge in [-0.3, -0.25) is 14.5 Å². The third-order valence-corrected chi connectivity index (χ3v) is 3.36. The van der Waals surface area contributed by atoms with Crippen LogP contribution in [0.3, 0.4) is 0 Å². The summed E-state index contributed by atoms with van der Waals surface area (Å²) in [6.07, 6.45) is 3.42. The molecule has 1 amide bonds. The van der Waals surface area contributed by atoms with Crippen molar-refractivity contribution in [2.24, 2.45) is 11.8 Å². The lowest BCUT2D eigenvalue weighted by atomic mass is 9.97. The molecule has 0 aromatic carbocycles. The minimum atomic E-state index is -0.693. The first-order valence-corrected chi connectivity index (χ1v) is 5.89. The van der Waals surface area contributed by atoms with Crippen molar-refractivity contribution in [3.63, 3.8) is 0 Å². The Morgan fingerprint density at radius 2 is 1.75 bits per heavy atom. The normalized spacial score (nSPS) is 23.0. The number of carbonyl (C=O) groups is 2. The van der Waals surface area contributed by atoms with Gasteiger partial charge in [0, 0.05) is 19.0 Å². The molecular weight excluding hydrogens is 208 g/mol. The van der Waals surface area contributed by atoms with Crippen LogP contribution in [0.15, 0.2) is 0 Å². The summed E-state index contributed by atoms with van der Waals surface area (Å²) in [6, 6.07) is 0. The number of piperidine rings is 1. The maximum atomic E-state index is 11.4. The van der Waals surface area contributed by atoms with Crippen molar-refractivity contribution < 1.29 is 14.7 Å². The van der Waals surface area contributed by atoms with Gasteiger partial charge in [-0.1, -0.05) is 0 Å². The number of likely N-dealkylation sites (tertiary alicyclic amines) is 1. The van der Waals surface area contributed by atoms with E-state index >= 15 is 0 Å². The van der Waals surface area contributed by atoms with Crippen molar-refractivity contribution in [2.45, 2.75) is 25.7 Å². The molecule has 1 saturated heterocycles. The lowest BCUT2D eigenvalue weighted by Gasteiger charge is -2.29. The molecule has 5 nitrogen and oxygen atoms in total. The van der Waals surface area contributed by atoms with Gasteiger partial charge in [0.25, 0.3) is 0 Å². The lowest BCUT2D eigenvalue weighted by Crippen LogP contribution is -2.43. The average Bonchev–Trinajstić information content (AvgIpc) is 3.10. The number of nitrogens with one attached hydrogen (secondary N) is 1. The minimum absolute atomic E-state index is 0.153. The van der Waals surface area contributed by atoms with Crippen LogP contribution in [0.4, 0.5) is 0 Å². The van der Waals surface area contributed by atoms with Crippen LogP contribution in [-0.4, -0.2) is 41.6 Å². The van der Waals surface area contributed by atoms with Crippen LogP contribution in [0.1, 0.15) is 25.7 Å². The zero-order chi connectivity index (χ0) is 11.5. The summed E-state index contributed by atoms with van der Waals surface area (Å²) in [6.45, 7) is 2.10. The van der Waals surface area contributed by atoms with Crippen molar-refractivity contribution in [3.05, 3.63) is 0 Å². The van der Waals surface area contributed by atoms with Crippen LogP contribution in [0.5, 0.6) is 0 Å². The number of carboxylic acids is 1. The van der Waals surface area contributed by atoms with E-state index in [1.54, 1.807) is 0 Å². The molecule has 0 spiro atoms. The van der Waals surface area contributed by atoms with Crippen LogP contribution in [0.2, 0.25) is 0 Å². The third-order valence-electron chi connectivity index (χ3n) is 3.36. The smallest absolute Gasteiger partial charge is 0.306 e. The zero-order valence-corrected chi connectivity index (χ0v) is 9.32. The van der Waals surface area contributed by atoms with Gasteiger partial charge in [0.15, 0.2) is 0 Å². The lowest BCUT2D eigenvalue weighted by molar-refractivity contribution is -0.143. The molecule has 1 saturated carbocycles. The van der Waals surface area contributed by atoms with Crippen LogP contribution >= 0.6 is 0 Å². The molecule has 0 atom stereocenters. The first-order valence-electron chi connectivity index (χ1n) is 5.89. The van der Waals surface area contributed by atoms with Crippen LogP contribution < -0.4 is 5.32 Å². The molecule has 1 aliphatic heterocycles. The van der Waals surface area contributed by atoms with E-state index in [9.17, 15) is 9.59 Å². The van der Waals surface area contributed by atoms with Gasteiger partial charge >= 0.3 is 5.97 Å². The molecule has 0 aromatic rings. The van der Waals surface area contributed by atoms with Crippen LogP contribution in [0, 0.1) is 11.8 Å². The van der Waals surface area contributed by atoms with Gasteiger partial charge < -0.3 is 10.4 Å². The molecule has 90 valence electrons. The highest BCUT2D eigenvalue weighted by atomic mass is 16.4. The van der Waals surface area contributed by atoms with Gasteiger partial charge in [-0.25, -0.2) is 0 Å². The Kier molecular flexibility index (Phi) is 3.43. The van der Waals surface area contributed by atoms with Gasteiger partial charge in [0.1, 0.15) is 0 Å². The number of carbonyl (C=O) groups excluding carboxylic acids is 1. The first kappa shape index (κ1) is 11.4. The van der Waals surface area contributed by atoms with E-state index in [1.807, 2.05) is 0 Å². The van der Waals surface area contributed by atoms with Crippen molar-refractivity contribution >= 4 is 11.9 Å². The minimum Gasteiger partial charge on any atom is -0.481 e. The van der Waals surface area contributed by atoms with Crippen molar-refractivity contribution in [1.82, 2.24) is 10.2 Å². The molecule has 0 bridgehead atoms. The maximum Gasteiger partial charge on any atom is 0.306 e. The van der Waals surface area contributed by atoms with E-state index in [2.05, 4.69) is 10.2 Å². The second-order valence-corrected chi connectivity index (χ2v) is 4.70. The fourth-order valence-corrected chi connectivity index (χ4v) is 2.02. The van der Waals surface area contributed by atoms with E-state index < -0.39 is 5.97 Å². The molecule has 5 heteroatoms. The second-order valence-electron chi connectivity index (χ2n) is 4.70. The standard InChI is InChI=1S/C11H18N2O3/c14-10(8-1-2-8)12-7-13-5-3-9(4-6-13)11(15)16/h8-9H,1-7H2,(H,12,14)(H,15,16). The van der Waals surface area contributed by atoms with Crippen molar-refractivity contribution in [1.29, 1.82) is 0 Å². The number of carboxylic acid groups (broad SMARTS) is 1. The van der Waals surface area contributed by atoms with Gasteiger partial charge in [0.05, 0.1) is 12.6 Å². The number of amides is 1. The Balaban J connectivity index is 1.64. The Hall–Kier alpha value is -1.10. The molecule has 0 radical (unpaired) electrons. The number of rotatable bonds is 4. The van der Waals surface area contributed by atoms with E-state index in [1.165, 1.54) is 0 Å². The zero-order valence-electron chi connectivity index (χ0n) is 9.32. The highest BCUT2D eigenvalue weighted by Gasteiger charge is 2.30. The maximum absolute atomic E-state index is 11.4. The Bertz CT molecular complexity index is 281. The van der Waals surface area contributed by atoms with Crippen LogP contribution in [0.25, 0.3) is 0 Å². The summed E-state index contributed by atoms with van der Waals surface area (Å²) in [5.74, 6) is -0.492. The topological polar surface area (TPSA) is 69.6 Å². The Morgan fingerprint density at radius 1 is 1.12 bits per heavy atom. The van der Waals surface area contributed by atoms with E-state index in [4.69, 9.17) is 5.11 Å². The highest BCUT2D eigenvalue weighted by Crippen LogP contribution is 2.28. The SMILES string of the molecule is O=C(O)C1CCN(CNC(=O)C2CC2)CC1. The fraction of sp³-hybridized carbons (Fsp3) is 0.818. The predicted molar refractivity (Wildman–Crippen MR) is 57.7 cm³/mol. The van der Waals surface area contributed by atoms with Gasteiger partial charge in [-0.05, 0) is 25.7 Å². The third kappa shape index (κ3) is 2.95. The van der Waals surface area contributed by atoms with Gasteiger partial charge in [-0.2, -0.15) is 0 Å². The van der Waals surface area contributed by atoms with Gasteiger partial charge in [0.2, 0.25) is 5.91 Å². The summed E-state index contributed by atoms with van der Waals surface area (Å²) in [7, 11) is 0. The summed E-state index contributed by atoms with van der Waals surface area (Å²) in [5.41, 5.74) is 0. The summed E-state index contributed by atoms with van der Waals surface area (Å²) >= 11 is 0. The number of hydrogen-bond acceptors (Lipinski definition) is 3. The quantitative estimate of drug-likeness (QED) is 0.721. The van der Waals surface area contributed by atoms with Crippen molar-refractivity contribution in [3.8, 4) is 0 Å². The first-order chi connectivity index (χ1) is 7.66. The molecule has 2 N–H and O–H groups in total. The summed E-state index contributed by atoms with van der Waals surface area (Å²) < 4.78 is 0. The molecule has 1 aliphatic carbocycles. The number of nitrogens with zero attached hydrogens (tertiary/aromatic N) is 1. The number of hydrogen-bond donors (Lipinski definition) is 2. The molecule has 2 rings (SSSR count). The molecular formula is C11H18N2O3. The monoisotopic (exact) mass is 226 g/mol. The highest BCUT2D eigenvalue weighted by molar-refractivity contribution is 5.80. The molecule has 1 heterocycles. The second kappa shape index (κ2) is 4.82. The fourth-order valence-electron chi connectivity index (χ4n) is 2.02. The molecule has 2 aliphatic rings. The predicted octanol–water partition coefficient (Wildman–Crippen LogP) is 0.267. The molecule has 2 fully saturated rings. The van der Waals surface area contributed by atoms with E-state index in [0.717, 1.165) is 25.9 Å². The van der Waals surface area contributed by atoms with Crippen molar-refractivity contribution in [2.75, 3.05) is 19.8 Å². The van der Waals surface area contributed by atoms with E-state index in [0.29, 0.717) is 19.5 Å². The number of aliphatic carboxylic acids is 1. The van der Waals surface area contributed by atoms with E-state index in [-0.39, 0.29) is 17.7 Å². The molecule has 16 heavy (non-hydrogen) atoms. The Morgan fingerprint density at radius 3 is 2.25 bits per heavy atom. The Labute approximate surface area is 94.8 Å². The van der Waals surface area contributed by atoms with Crippen LogP contribution in [-0.2, 0) is 9.59 Å². The summed E-state index contributed by atoms with van der Waals surface area (Å²) in [4.78, 5) is 24.2.